The molecule has 2 N–H and O–H groups in total. The van der Waals surface area contributed by atoms with Crippen molar-refractivity contribution in [1.29, 1.82) is 0 Å². The Morgan fingerprint density at radius 3 is 2.42 bits per heavy atom. The number of carbonyl (C=O) groups is 2. The van der Waals surface area contributed by atoms with Crippen molar-refractivity contribution < 1.29 is 19.1 Å². The van der Waals surface area contributed by atoms with Crippen molar-refractivity contribution >= 4 is 41.2 Å². The molecule has 0 aliphatic heterocycles. The number of amides is 2. The topological polar surface area (TPSA) is 89.0 Å². The molecule has 178 valence electrons. The number of hydrazone groups is 1. The summed E-state index contributed by atoms with van der Waals surface area (Å²) in [6.07, 6.45) is 2.39. The Labute approximate surface area is 204 Å². The van der Waals surface area contributed by atoms with Crippen LogP contribution in [-0.2, 0) is 4.79 Å². The van der Waals surface area contributed by atoms with Crippen LogP contribution >= 0.6 is 23.2 Å². The van der Waals surface area contributed by atoms with Gasteiger partial charge in [0.1, 0.15) is 6.04 Å². The lowest BCUT2D eigenvalue weighted by atomic mass is 10.0. The quantitative estimate of drug-likeness (QED) is 0.337. The van der Waals surface area contributed by atoms with E-state index in [-0.39, 0.29) is 10.9 Å². The van der Waals surface area contributed by atoms with Gasteiger partial charge >= 0.3 is 0 Å². The first-order valence-electron chi connectivity index (χ1n) is 10.7. The lowest BCUT2D eigenvalue weighted by molar-refractivity contribution is -0.123. The molecule has 0 aliphatic rings. The molecule has 2 aromatic rings. The van der Waals surface area contributed by atoms with E-state index >= 15 is 0 Å². The molecule has 0 heterocycles. The van der Waals surface area contributed by atoms with Crippen LogP contribution in [0.1, 0.15) is 50.0 Å². The van der Waals surface area contributed by atoms with Gasteiger partial charge in [0.05, 0.1) is 29.5 Å². The van der Waals surface area contributed by atoms with E-state index < -0.39 is 17.9 Å². The predicted octanol–water partition coefficient (Wildman–Crippen LogP) is 5.09. The maximum absolute atomic E-state index is 12.7. The third-order valence-electron chi connectivity index (χ3n) is 4.54. The van der Waals surface area contributed by atoms with Gasteiger partial charge < -0.3 is 14.8 Å². The number of ether oxygens (including phenoxy) is 2. The molecule has 0 radical (unpaired) electrons. The zero-order chi connectivity index (χ0) is 24.4. The van der Waals surface area contributed by atoms with E-state index in [4.69, 9.17) is 32.7 Å². The first-order valence-corrected chi connectivity index (χ1v) is 11.5. The average molecular weight is 494 g/mol. The van der Waals surface area contributed by atoms with Gasteiger partial charge in [0.2, 0.25) is 0 Å². The highest BCUT2D eigenvalue weighted by molar-refractivity contribution is 6.42. The lowest BCUT2D eigenvalue weighted by Crippen LogP contribution is -2.48. The molecule has 2 rings (SSSR count). The summed E-state index contributed by atoms with van der Waals surface area (Å²) in [6.45, 7) is 8.66. The van der Waals surface area contributed by atoms with Crippen LogP contribution < -0.4 is 20.2 Å². The molecule has 0 saturated heterocycles. The summed E-state index contributed by atoms with van der Waals surface area (Å²) in [5.41, 5.74) is 3.52. The molecule has 7 nitrogen and oxygen atoms in total. The number of rotatable bonds is 11. The van der Waals surface area contributed by atoms with Crippen LogP contribution in [0.3, 0.4) is 0 Å². The molecule has 0 aromatic heterocycles. The summed E-state index contributed by atoms with van der Waals surface area (Å²) in [5, 5.41) is 7.36. The van der Waals surface area contributed by atoms with Crippen LogP contribution in [0.25, 0.3) is 0 Å². The van der Waals surface area contributed by atoms with Gasteiger partial charge in [-0.3, -0.25) is 9.59 Å². The highest BCUT2D eigenvalue weighted by Crippen LogP contribution is 2.28. The Kier molecular flexibility index (Phi) is 10.5. The van der Waals surface area contributed by atoms with Crippen LogP contribution in [0.2, 0.25) is 10.0 Å². The molecule has 1 atom stereocenters. The standard InChI is InChI=1S/C24H29Cl2N3O4/c1-5-11-33-20-10-7-16(12-21(20)32-6-2)14-27-29-24(31)22(15(3)4)28-23(30)17-8-9-18(25)19(26)13-17/h7-10,12-15,22H,5-6,11H2,1-4H3,(H,28,30)(H,29,31)/b27-14-. The number of hydrogen-bond acceptors (Lipinski definition) is 5. The van der Waals surface area contributed by atoms with Crippen molar-refractivity contribution in [2.45, 2.75) is 40.2 Å². The fourth-order valence-corrected chi connectivity index (χ4v) is 3.14. The van der Waals surface area contributed by atoms with Crippen molar-refractivity contribution in [3.05, 3.63) is 57.6 Å². The SMILES string of the molecule is CCCOc1ccc(/C=N\NC(=O)C(NC(=O)c2ccc(Cl)c(Cl)c2)C(C)C)cc1OCC. The van der Waals surface area contributed by atoms with E-state index in [1.165, 1.54) is 18.3 Å². The molecular formula is C24H29Cl2N3O4. The minimum atomic E-state index is -0.798. The number of nitrogens with zero attached hydrogens (tertiary/aromatic N) is 1. The van der Waals surface area contributed by atoms with Crippen molar-refractivity contribution in [1.82, 2.24) is 10.7 Å². The van der Waals surface area contributed by atoms with E-state index in [0.29, 0.717) is 35.3 Å². The van der Waals surface area contributed by atoms with Crippen LogP contribution in [0.15, 0.2) is 41.5 Å². The predicted molar refractivity (Wildman–Crippen MR) is 132 cm³/mol. The van der Waals surface area contributed by atoms with Crippen molar-refractivity contribution in [2.75, 3.05) is 13.2 Å². The fourth-order valence-electron chi connectivity index (χ4n) is 2.84. The average Bonchev–Trinajstić information content (AvgIpc) is 2.78. The van der Waals surface area contributed by atoms with Crippen LogP contribution in [0, 0.1) is 5.92 Å². The summed E-state index contributed by atoms with van der Waals surface area (Å²) in [7, 11) is 0. The monoisotopic (exact) mass is 493 g/mol. The maximum atomic E-state index is 12.7. The minimum absolute atomic E-state index is 0.175. The molecule has 0 fully saturated rings. The fraction of sp³-hybridized carbons (Fsp3) is 0.375. The molecular weight excluding hydrogens is 465 g/mol. The van der Waals surface area contributed by atoms with Crippen molar-refractivity contribution in [3.63, 3.8) is 0 Å². The van der Waals surface area contributed by atoms with Gasteiger partial charge in [-0.1, -0.05) is 44.0 Å². The smallest absolute Gasteiger partial charge is 0.262 e. The van der Waals surface area contributed by atoms with Gasteiger partial charge in [-0.05, 0) is 61.2 Å². The molecule has 0 spiro atoms. The molecule has 1 unspecified atom stereocenters. The molecule has 0 bridgehead atoms. The van der Waals surface area contributed by atoms with E-state index in [1.807, 2.05) is 33.8 Å². The summed E-state index contributed by atoms with van der Waals surface area (Å²) in [4.78, 5) is 25.2. The van der Waals surface area contributed by atoms with Gasteiger partial charge in [0.15, 0.2) is 11.5 Å². The first-order chi connectivity index (χ1) is 15.8. The summed E-state index contributed by atoms with van der Waals surface area (Å²) in [6, 6.07) is 9.14. The van der Waals surface area contributed by atoms with Gasteiger partial charge in [0, 0.05) is 5.56 Å². The molecule has 33 heavy (non-hydrogen) atoms. The third-order valence-corrected chi connectivity index (χ3v) is 5.27. The van der Waals surface area contributed by atoms with Gasteiger partial charge in [-0.2, -0.15) is 5.10 Å². The Morgan fingerprint density at radius 2 is 1.79 bits per heavy atom. The number of halogens is 2. The summed E-state index contributed by atoms with van der Waals surface area (Å²) < 4.78 is 11.3. The number of nitrogens with one attached hydrogen (secondary N) is 2. The zero-order valence-corrected chi connectivity index (χ0v) is 20.7. The number of benzene rings is 2. The van der Waals surface area contributed by atoms with Gasteiger partial charge in [-0.25, -0.2) is 5.43 Å². The molecule has 2 aromatic carbocycles. The summed E-state index contributed by atoms with van der Waals surface area (Å²) >= 11 is 11.9. The Morgan fingerprint density at radius 1 is 1.03 bits per heavy atom. The second kappa shape index (κ2) is 13.1. The second-order valence-electron chi connectivity index (χ2n) is 7.55. The largest absolute Gasteiger partial charge is 0.490 e. The van der Waals surface area contributed by atoms with Crippen LogP contribution in [0.4, 0.5) is 0 Å². The molecule has 0 saturated carbocycles. The molecule has 2 amide bonds. The van der Waals surface area contributed by atoms with E-state index in [1.54, 1.807) is 18.2 Å². The highest BCUT2D eigenvalue weighted by atomic mass is 35.5. The molecule has 9 heteroatoms. The normalized spacial score (nSPS) is 12.0. The Hall–Kier alpha value is -2.77. The zero-order valence-electron chi connectivity index (χ0n) is 19.2. The maximum Gasteiger partial charge on any atom is 0.262 e. The van der Waals surface area contributed by atoms with E-state index in [0.717, 1.165) is 12.0 Å². The Bertz CT molecular complexity index is 996. The van der Waals surface area contributed by atoms with Crippen LogP contribution in [0.5, 0.6) is 11.5 Å². The van der Waals surface area contributed by atoms with Crippen molar-refractivity contribution in [3.8, 4) is 11.5 Å². The van der Waals surface area contributed by atoms with E-state index in [9.17, 15) is 9.59 Å². The lowest BCUT2D eigenvalue weighted by Gasteiger charge is -2.20. The molecule has 0 aliphatic carbocycles. The number of carbonyl (C=O) groups excluding carboxylic acids is 2. The van der Waals surface area contributed by atoms with Crippen LogP contribution in [-0.4, -0.2) is 37.3 Å². The highest BCUT2D eigenvalue weighted by Gasteiger charge is 2.24. The van der Waals surface area contributed by atoms with Gasteiger partial charge in [0.25, 0.3) is 11.8 Å². The van der Waals surface area contributed by atoms with Crippen molar-refractivity contribution in [2.24, 2.45) is 11.0 Å². The number of hydrogen-bond donors (Lipinski definition) is 2. The summed E-state index contributed by atoms with van der Waals surface area (Å²) in [5.74, 6) is 0.212. The minimum Gasteiger partial charge on any atom is -0.490 e. The second-order valence-corrected chi connectivity index (χ2v) is 8.36. The first kappa shape index (κ1) is 26.5. The van der Waals surface area contributed by atoms with E-state index in [2.05, 4.69) is 15.8 Å². The Balaban J connectivity index is 2.05. The third kappa shape index (κ3) is 7.94. The van der Waals surface area contributed by atoms with Gasteiger partial charge in [-0.15, -0.1) is 0 Å².